The number of hydrogen-bond acceptors (Lipinski definition) is 27. The molecule has 0 amide bonds. The SMILES string of the molecule is CC(C)n1ncc2ccc3cnc(Nc4ccc(N5CCC(N(C)C)CC5)cn4)nc3c21.CC(C)n1ncc2ccc3cnc(Nc4ccc(N5CCCCC5)cn4)nc3c21.CC(C)n1ncc2ccc3cnc(Nc4ccc(N5CCCNCC5)cn4)nc3c21.Cc1nc(Nc2ncc3ccc4cnn(C(C)C)c4c3n2)ccc1N1CCOC(C)C1. The van der Waals surface area contributed by atoms with Gasteiger partial charge >= 0.3 is 0 Å². The van der Waals surface area contributed by atoms with Crippen LogP contribution >= 0.6 is 0 Å². The largest absolute Gasteiger partial charge is 0.375 e. The quantitative estimate of drug-likeness (QED) is 0.0565. The Hall–Kier alpha value is -13.0. The van der Waals surface area contributed by atoms with Crippen LogP contribution in [0.4, 0.5) is 69.8 Å². The summed E-state index contributed by atoms with van der Waals surface area (Å²) in [7, 11) is 4.33. The van der Waals surface area contributed by atoms with Gasteiger partial charge in [0.2, 0.25) is 23.8 Å². The summed E-state index contributed by atoms with van der Waals surface area (Å²) >= 11 is 0. The minimum absolute atomic E-state index is 0.230. The predicted molar refractivity (Wildman–Crippen MR) is 490 cm³/mol. The lowest BCUT2D eigenvalue weighted by molar-refractivity contribution is 0.0531. The number of aromatic nitrogens is 20. The second-order valence-corrected chi connectivity index (χ2v) is 33.2. The minimum Gasteiger partial charge on any atom is -0.375 e. The van der Waals surface area contributed by atoms with Gasteiger partial charge in [0.1, 0.15) is 45.3 Å². The van der Waals surface area contributed by atoms with E-state index in [0.29, 0.717) is 29.8 Å². The molecule has 628 valence electrons. The predicted octanol–water partition coefficient (Wildman–Crippen LogP) is 16.6. The van der Waals surface area contributed by atoms with Gasteiger partial charge < -0.3 is 55.8 Å². The van der Waals surface area contributed by atoms with Crippen LogP contribution < -0.4 is 46.2 Å². The monoisotopic (exact) mass is 1640 g/mol. The molecule has 1 unspecified atom stereocenters. The van der Waals surface area contributed by atoms with Gasteiger partial charge in [-0.15, -0.1) is 0 Å². The zero-order chi connectivity index (χ0) is 84.1. The first kappa shape index (κ1) is 81.4. The molecule has 20 rings (SSSR count). The van der Waals surface area contributed by atoms with Crippen molar-refractivity contribution < 1.29 is 4.74 Å². The van der Waals surface area contributed by atoms with E-state index >= 15 is 0 Å². The number of aryl methyl sites for hydroxylation is 1. The third-order valence-corrected chi connectivity index (χ3v) is 23.0. The van der Waals surface area contributed by atoms with E-state index in [-0.39, 0.29) is 30.3 Å². The Kier molecular flexibility index (Phi) is 24.1. The fourth-order valence-corrected chi connectivity index (χ4v) is 16.6. The number of piperidine rings is 2. The Morgan fingerprint density at radius 3 is 1.08 bits per heavy atom. The third kappa shape index (κ3) is 17.9. The van der Waals surface area contributed by atoms with Crippen molar-refractivity contribution in [2.45, 2.75) is 144 Å². The summed E-state index contributed by atoms with van der Waals surface area (Å²) in [6.07, 6.45) is 28.3. The second-order valence-electron chi connectivity index (χ2n) is 33.2. The number of benzene rings is 4. The maximum atomic E-state index is 5.66. The summed E-state index contributed by atoms with van der Waals surface area (Å²) in [6, 6.07) is 34.5. The van der Waals surface area contributed by atoms with Crippen LogP contribution in [0.25, 0.3) is 87.2 Å². The average molecular weight is 1640 g/mol. The summed E-state index contributed by atoms with van der Waals surface area (Å²) in [5, 5.41) is 42.9. The van der Waals surface area contributed by atoms with Gasteiger partial charge in [0.05, 0.1) is 107 Å². The lowest BCUT2D eigenvalue weighted by atomic mass is 10.0. The number of fused-ring (bicyclic) bond motifs is 12. The highest BCUT2D eigenvalue weighted by Crippen LogP contribution is 2.35. The summed E-state index contributed by atoms with van der Waals surface area (Å²) < 4.78 is 13.7. The van der Waals surface area contributed by atoms with E-state index in [0.717, 1.165) is 212 Å². The number of hydrogen-bond donors (Lipinski definition) is 5. The molecule has 0 aliphatic carbocycles. The fraction of sp³-hybridized carbons (Fsp3) is 0.385. The Bertz CT molecular complexity index is 6300. The maximum Gasteiger partial charge on any atom is 0.228 e. The van der Waals surface area contributed by atoms with Gasteiger partial charge in [-0.2, -0.15) is 20.4 Å². The van der Waals surface area contributed by atoms with Crippen LogP contribution in [0.5, 0.6) is 0 Å². The zero-order valence-electron chi connectivity index (χ0n) is 71.7. The third-order valence-electron chi connectivity index (χ3n) is 23.0. The van der Waals surface area contributed by atoms with Crippen molar-refractivity contribution in [3.8, 4) is 0 Å². The van der Waals surface area contributed by atoms with Crippen LogP contribution in [-0.2, 0) is 4.74 Å². The number of morpholine rings is 1. The summed E-state index contributed by atoms with van der Waals surface area (Å²) in [5.41, 5.74) is 13.3. The molecule has 5 N–H and O–H groups in total. The molecule has 4 aliphatic rings. The highest BCUT2D eigenvalue weighted by atomic mass is 16.5. The van der Waals surface area contributed by atoms with E-state index < -0.39 is 0 Å². The molecule has 0 spiro atoms. The van der Waals surface area contributed by atoms with Gasteiger partial charge in [0.15, 0.2) is 0 Å². The highest BCUT2D eigenvalue weighted by molar-refractivity contribution is 6.06. The van der Waals surface area contributed by atoms with Gasteiger partial charge in [0, 0.05) is 157 Å². The van der Waals surface area contributed by atoms with Gasteiger partial charge in [-0.1, -0.05) is 48.5 Å². The summed E-state index contributed by atoms with van der Waals surface area (Å²) in [6.45, 7) is 32.1. The molecule has 12 aromatic heterocycles. The molecular weight excluding hydrogens is 1530 g/mol. The van der Waals surface area contributed by atoms with E-state index in [9.17, 15) is 0 Å². The Morgan fingerprint density at radius 1 is 0.361 bits per heavy atom. The molecule has 0 bridgehead atoms. The first-order valence-electron chi connectivity index (χ1n) is 42.8. The zero-order valence-corrected chi connectivity index (χ0v) is 71.7. The number of rotatable bonds is 17. The molecule has 31 heteroatoms. The number of pyridine rings is 4. The van der Waals surface area contributed by atoms with E-state index in [1.54, 1.807) is 0 Å². The average Bonchev–Trinajstić information content (AvgIpc) is 1.53. The standard InChI is InChI=1S/C24H30N8.C23H27N7O.C22H26N8.C22H25N7/c1-16(2)32-23-18(14-27-32)6-5-17-13-26-24(29-22(17)23)28-21-8-7-20(15-25-21)31-11-9-19(10-12-31)30(3)4;1-14(2)30-22-18(12-25-30)6-5-17-11-24-23(28-21(17)22)27-20-8-7-19(16(4)26-20)29-9-10-31-15(3)13-29;1-15(2)30-21-17(13-26-30)5-4-16-12-25-22(28-20(16)21)27-19-7-6-18(14-24-19)29-10-3-8-23-9-11-29;1-15(2)29-21-17(13-25-29)7-6-16-12-24-22(27-20(16)21)26-19-9-8-18(14-23-19)28-10-4-3-5-11-28/h5-8,13-16,19H,9-12H2,1-4H3,(H,25,26,28,29);5-8,11-12,14-15H,9-10,13H2,1-4H3,(H,24,26,27,28);4-7,12-15,23H,3,8-11H2,1-2H3,(H,24,25,27,28);6-9,12-15H,3-5,10-11H2,1-2H3,(H,23,24,26,27). The molecule has 4 fully saturated rings. The number of anilines is 12. The van der Waals surface area contributed by atoms with Crippen LogP contribution in [0.15, 0.2) is 165 Å². The van der Waals surface area contributed by atoms with E-state index in [2.05, 4.69) is 231 Å². The Balaban J connectivity index is 0.000000116. The second kappa shape index (κ2) is 36.1. The van der Waals surface area contributed by atoms with Crippen molar-refractivity contribution in [2.24, 2.45) is 0 Å². The van der Waals surface area contributed by atoms with Gasteiger partial charge in [-0.05, 0) is 177 Å². The number of nitrogens with one attached hydrogen (secondary N) is 5. The van der Waals surface area contributed by atoms with Crippen LogP contribution in [0.1, 0.15) is 131 Å². The molecule has 16 aromatic rings. The molecule has 16 heterocycles. The van der Waals surface area contributed by atoms with Gasteiger partial charge in [-0.25, -0.2) is 59.8 Å². The summed E-state index contributed by atoms with van der Waals surface area (Å²) in [5.74, 6) is 5.08. The molecule has 0 radical (unpaired) electrons. The van der Waals surface area contributed by atoms with Gasteiger partial charge in [-0.3, -0.25) is 18.7 Å². The highest BCUT2D eigenvalue weighted by Gasteiger charge is 2.25. The van der Waals surface area contributed by atoms with E-state index in [4.69, 9.17) is 29.7 Å². The van der Waals surface area contributed by atoms with Crippen molar-refractivity contribution in [1.29, 1.82) is 0 Å². The minimum atomic E-state index is 0.230. The fourth-order valence-electron chi connectivity index (χ4n) is 16.6. The molecule has 31 nitrogen and oxygen atoms in total. The van der Waals surface area contributed by atoms with Crippen molar-refractivity contribution in [3.63, 3.8) is 0 Å². The van der Waals surface area contributed by atoms with Crippen LogP contribution in [-0.4, -0.2) is 202 Å². The number of ether oxygens (including phenoxy) is 1. The number of nitrogens with zero attached hydrogens (tertiary/aromatic N) is 25. The van der Waals surface area contributed by atoms with Crippen LogP contribution in [0, 0.1) is 6.92 Å². The van der Waals surface area contributed by atoms with Crippen molar-refractivity contribution in [2.75, 3.05) is 127 Å². The molecular formula is C91H108N30O. The van der Waals surface area contributed by atoms with Crippen molar-refractivity contribution >= 4 is 157 Å². The normalized spacial score (nSPS) is 15.6. The Labute approximate surface area is 709 Å². The van der Waals surface area contributed by atoms with E-state index in [1.165, 1.54) is 37.8 Å². The summed E-state index contributed by atoms with van der Waals surface area (Å²) in [4.78, 5) is 67.6. The first-order valence-corrected chi connectivity index (χ1v) is 42.8. The van der Waals surface area contributed by atoms with Crippen LogP contribution in [0.3, 0.4) is 0 Å². The molecule has 1 atom stereocenters. The molecule has 4 aliphatic heterocycles. The smallest absolute Gasteiger partial charge is 0.228 e. The van der Waals surface area contributed by atoms with Crippen molar-refractivity contribution in [1.82, 2.24) is 109 Å². The first-order chi connectivity index (χ1) is 59.4. The molecule has 4 saturated heterocycles. The van der Waals surface area contributed by atoms with Crippen LogP contribution in [0.2, 0.25) is 0 Å². The lowest BCUT2D eigenvalue weighted by Crippen LogP contribution is -2.42. The maximum absolute atomic E-state index is 5.66. The van der Waals surface area contributed by atoms with Crippen molar-refractivity contribution in [3.05, 3.63) is 171 Å². The lowest BCUT2D eigenvalue weighted by Gasteiger charge is -2.36. The molecule has 0 saturated carbocycles. The topological polar surface area (TPSA) is 312 Å². The molecule has 122 heavy (non-hydrogen) atoms. The van der Waals surface area contributed by atoms with E-state index in [1.807, 2.05) is 142 Å². The molecule has 4 aromatic carbocycles. The Morgan fingerprint density at radius 2 is 0.721 bits per heavy atom. The van der Waals surface area contributed by atoms with Gasteiger partial charge in [0.25, 0.3) is 0 Å².